The van der Waals surface area contributed by atoms with Gasteiger partial charge in [0.1, 0.15) is 12.0 Å². The summed E-state index contributed by atoms with van der Waals surface area (Å²) in [5.74, 6) is 2.79. The van der Waals surface area contributed by atoms with Crippen LogP contribution in [0.2, 0.25) is 0 Å². The third-order valence-corrected chi connectivity index (χ3v) is 4.12. The van der Waals surface area contributed by atoms with Gasteiger partial charge in [0.25, 0.3) is 0 Å². The zero-order valence-corrected chi connectivity index (χ0v) is 12.8. The molecule has 1 fully saturated rings. The Hall–Kier alpha value is -2.17. The largest absolute Gasteiger partial charge is 0.497 e. The number of ether oxygens (including phenoxy) is 3. The molecule has 0 saturated heterocycles. The minimum absolute atomic E-state index is 0.112. The second-order valence-corrected chi connectivity index (χ2v) is 5.67. The molecule has 0 atom stereocenters. The Bertz CT molecular complexity index is 576. The number of carbonyl (C=O) groups is 1. The van der Waals surface area contributed by atoms with E-state index < -0.39 is 0 Å². The van der Waals surface area contributed by atoms with E-state index in [0.29, 0.717) is 29.6 Å². The first-order valence-corrected chi connectivity index (χ1v) is 7.75. The van der Waals surface area contributed by atoms with E-state index in [1.54, 1.807) is 19.2 Å². The lowest BCUT2D eigenvalue weighted by molar-refractivity contribution is -0.125. The van der Waals surface area contributed by atoms with E-state index in [4.69, 9.17) is 14.2 Å². The predicted molar refractivity (Wildman–Crippen MR) is 81.9 cm³/mol. The van der Waals surface area contributed by atoms with Gasteiger partial charge in [0.2, 0.25) is 5.91 Å². The first-order valence-electron chi connectivity index (χ1n) is 7.75. The molecule has 5 nitrogen and oxygen atoms in total. The van der Waals surface area contributed by atoms with Gasteiger partial charge < -0.3 is 19.5 Å². The van der Waals surface area contributed by atoms with Crippen LogP contribution in [0, 0.1) is 5.92 Å². The minimum Gasteiger partial charge on any atom is -0.497 e. The topological polar surface area (TPSA) is 56.8 Å². The van der Waals surface area contributed by atoms with Gasteiger partial charge >= 0.3 is 0 Å². The Morgan fingerprint density at radius 1 is 1.27 bits per heavy atom. The fourth-order valence-corrected chi connectivity index (χ4v) is 2.85. The molecule has 5 heteroatoms. The molecule has 118 valence electrons. The highest BCUT2D eigenvalue weighted by molar-refractivity contribution is 5.78. The number of fused-ring (bicyclic) bond motifs is 1. The maximum atomic E-state index is 12.1. The normalized spacial score (nSPS) is 17.6. The predicted octanol–water partition coefficient (Wildman–Crippen LogP) is 3.00. The lowest BCUT2D eigenvalue weighted by Crippen LogP contribution is -2.34. The molecule has 0 aromatic heterocycles. The first-order chi connectivity index (χ1) is 10.8. The van der Waals surface area contributed by atoms with Crippen molar-refractivity contribution in [3.63, 3.8) is 0 Å². The Morgan fingerprint density at radius 3 is 2.86 bits per heavy atom. The van der Waals surface area contributed by atoms with Crippen LogP contribution in [0.25, 0.3) is 0 Å². The van der Waals surface area contributed by atoms with Crippen LogP contribution in [0.4, 0.5) is 0 Å². The van der Waals surface area contributed by atoms with E-state index in [9.17, 15) is 4.79 Å². The van der Waals surface area contributed by atoms with Gasteiger partial charge in [-0.15, -0.1) is 0 Å². The van der Waals surface area contributed by atoms with Gasteiger partial charge in [-0.2, -0.15) is 0 Å². The van der Waals surface area contributed by atoms with Crippen molar-refractivity contribution in [2.75, 3.05) is 13.7 Å². The van der Waals surface area contributed by atoms with E-state index in [2.05, 4.69) is 5.32 Å². The average molecular weight is 303 g/mol. The number of nitrogens with one attached hydrogen (secondary N) is 1. The van der Waals surface area contributed by atoms with Crippen LogP contribution in [-0.2, 0) is 4.79 Å². The molecule has 0 spiro atoms. The molecule has 1 amide bonds. The van der Waals surface area contributed by atoms with Crippen molar-refractivity contribution in [1.82, 2.24) is 5.32 Å². The Kier molecular flexibility index (Phi) is 4.51. The highest BCUT2D eigenvalue weighted by Gasteiger charge is 2.22. The summed E-state index contributed by atoms with van der Waals surface area (Å²) < 4.78 is 16.4. The summed E-state index contributed by atoms with van der Waals surface area (Å²) in [4.78, 5) is 12.1. The first kappa shape index (κ1) is 14.8. The maximum absolute atomic E-state index is 12.1. The Labute approximate surface area is 130 Å². The van der Waals surface area contributed by atoms with Crippen LogP contribution in [0.15, 0.2) is 30.2 Å². The molecule has 3 rings (SSSR count). The number of methoxy groups -OCH3 is 1. The average Bonchev–Trinajstić information content (AvgIpc) is 2.59. The molecule has 1 aliphatic carbocycles. The lowest BCUT2D eigenvalue weighted by Gasteiger charge is -2.22. The Morgan fingerprint density at radius 2 is 2.09 bits per heavy atom. The van der Waals surface area contributed by atoms with Crippen LogP contribution < -0.4 is 19.5 Å². The molecular formula is C17H21NO4. The van der Waals surface area contributed by atoms with Crippen molar-refractivity contribution >= 4 is 5.91 Å². The molecule has 0 bridgehead atoms. The summed E-state index contributed by atoms with van der Waals surface area (Å²) in [6, 6.07) is 5.37. The maximum Gasteiger partial charge on any atom is 0.223 e. The molecular weight excluding hydrogens is 282 g/mol. The van der Waals surface area contributed by atoms with Crippen molar-refractivity contribution in [3.8, 4) is 17.2 Å². The van der Waals surface area contributed by atoms with Crippen LogP contribution >= 0.6 is 0 Å². The summed E-state index contributed by atoms with van der Waals surface area (Å²) >= 11 is 0. The molecule has 2 aliphatic rings. The number of carbonyl (C=O) groups excluding carboxylic acids is 1. The summed E-state index contributed by atoms with van der Waals surface area (Å²) in [7, 11) is 1.60. The smallest absolute Gasteiger partial charge is 0.223 e. The second-order valence-electron chi connectivity index (χ2n) is 5.67. The van der Waals surface area contributed by atoms with Crippen LogP contribution in [0.3, 0.4) is 0 Å². The van der Waals surface area contributed by atoms with Gasteiger partial charge in [0, 0.05) is 12.0 Å². The minimum atomic E-state index is 0.112. The molecule has 22 heavy (non-hydrogen) atoms. The zero-order valence-electron chi connectivity index (χ0n) is 12.8. The number of hydrogen-bond donors (Lipinski definition) is 1. The van der Waals surface area contributed by atoms with E-state index in [1.807, 2.05) is 6.07 Å². The van der Waals surface area contributed by atoms with Gasteiger partial charge in [-0.3, -0.25) is 4.79 Å². The summed E-state index contributed by atoms with van der Waals surface area (Å²) in [5.41, 5.74) is 0. The molecule has 1 aromatic rings. The molecule has 0 unspecified atom stereocenters. The van der Waals surface area contributed by atoms with Crippen LogP contribution in [0.5, 0.6) is 17.2 Å². The van der Waals surface area contributed by atoms with Gasteiger partial charge in [-0.05, 0) is 25.0 Å². The lowest BCUT2D eigenvalue weighted by atomic mass is 9.89. The molecule has 1 saturated carbocycles. The summed E-state index contributed by atoms with van der Waals surface area (Å²) in [6.45, 7) is 0.339. The third-order valence-electron chi connectivity index (χ3n) is 4.12. The summed E-state index contributed by atoms with van der Waals surface area (Å²) in [6.07, 6.45) is 7.05. The SMILES string of the molecule is COc1ccc2c(c1)OC(CNC(=O)C1CCCCC1)=CO2. The molecule has 0 radical (unpaired) electrons. The number of hydrogen-bond acceptors (Lipinski definition) is 4. The van der Waals surface area contributed by atoms with E-state index >= 15 is 0 Å². The monoisotopic (exact) mass is 303 g/mol. The fraction of sp³-hybridized carbons (Fsp3) is 0.471. The number of benzene rings is 1. The number of rotatable bonds is 4. The standard InChI is InChI=1S/C17H21NO4/c1-20-13-7-8-15-16(9-13)22-14(11-21-15)10-18-17(19)12-5-3-2-4-6-12/h7-9,11-12H,2-6,10H2,1H3,(H,18,19). The zero-order chi connectivity index (χ0) is 15.4. The van der Waals surface area contributed by atoms with E-state index in [-0.39, 0.29) is 11.8 Å². The second kappa shape index (κ2) is 6.73. The van der Waals surface area contributed by atoms with Gasteiger partial charge in [-0.1, -0.05) is 19.3 Å². The van der Waals surface area contributed by atoms with Gasteiger partial charge in [0.15, 0.2) is 17.3 Å². The van der Waals surface area contributed by atoms with Crippen molar-refractivity contribution in [2.45, 2.75) is 32.1 Å². The molecule has 1 aromatic carbocycles. The fourth-order valence-electron chi connectivity index (χ4n) is 2.85. The molecule has 1 heterocycles. The highest BCUT2D eigenvalue weighted by atomic mass is 16.6. The van der Waals surface area contributed by atoms with Crippen molar-refractivity contribution < 1.29 is 19.0 Å². The van der Waals surface area contributed by atoms with E-state index in [0.717, 1.165) is 25.7 Å². The van der Waals surface area contributed by atoms with Gasteiger partial charge in [-0.25, -0.2) is 0 Å². The van der Waals surface area contributed by atoms with Gasteiger partial charge in [0.05, 0.1) is 13.7 Å². The molecule has 1 aliphatic heterocycles. The molecule has 1 N–H and O–H groups in total. The third kappa shape index (κ3) is 3.35. The van der Waals surface area contributed by atoms with Crippen molar-refractivity contribution in [2.24, 2.45) is 5.92 Å². The van der Waals surface area contributed by atoms with Crippen molar-refractivity contribution in [1.29, 1.82) is 0 Å². The van der Waals surface area contributed by atoms with Crippen LogP contribution in [-0.4, -0.2) is 19.6 Å². The Balaban J connectivity index is 1.55. The number of amides is 1. The highest BCUT2D eigenvalue weighted by Crippen LogP contribution is 2.35. The quantitative estimate of drug-likeness (QED) is 0.929. The van der Waals surface area contributed by atoms with Crippen LogP contribution in [0.1, 0.15) is 32.1 Å². The van der Waals surface area contributed by atoms with Crippen molar-refractivity contribution in [3.05, 3.63) is 30.2 Å². The summed E-state index contributed by atoms with van der Waals surface area (Å²) in [5, 5.41) is 2.94. The van der Waals surface area contributed by atoms with E-state index in [1.165, 1.54) is 12.7 Å².